The maximum absolute atomic E-state index is 13.5. The van der Waals surface area contributed by atoms with E-state index in [9.17, 15) is 4.79 Å². The molecule has 0 saturated carbocycles. The van der Waals surface area contributed by atoms with Crippen LogP contribution >= 0.6 is 0 Å². The second-order valence-electron chi connectivity index (χ2n) is 6.95. The summed E-state index contributed by atoms with van der Waals surface area (Å²) in [4.78, 5) is 18.2. The van der Waals surface area contributed by atoms with Crippen LogP contribution in [0.15, 0.2) is 64.4 Å². The van der Waals surface area contributed by atoms with E-state index in [1.165, 1.54) is 4.57 Å². The molecule has 0 saturated heterocycles. The second kappa shape index (κ2) is 8.73. The van der Waals surface area contributed by atoms with Crippen LogP contribution in [0.2, 0.25) is 0 Å². The molecule has 2 aromatic carbocycles. The number of aliphatic imine (C=N–C) groups is 1. The maximum Gasteiger partial charge on any atom is 0.339 e. The van der Waals surface area contributed by atoms with Crippen molar-refractivity contribution in [1.82, 2.24) is 9.13 Å². The third-order valence-electron chi connectivity index (χ3n) is 4.83. The number of methoxy groups -OCH3 is 1. The fourth-order valence-electron chi connectivity index (χ4n) is 3.03. The third kappa shape index (κ3) is 4.06. The standard InChI is InChI=1S/C23H26N4O2/c1-5-16(2)15-25-22-21(17(3)24)26(19-11-13-20(29-4)14-12-19)23(28)27(22)18-9-7-6-8-10-18/h6-16,24H,5H2,1-4H3. The van der Waals surface area contributed by atoms with E-state index in [0.29, 0.717) is 28.6 Å². The molecular weight excluding hydrogens is 364 g/mol. The van der Waals surface area contributed by atoms with Crippen molar-refractivity contribution in [2.45, 2.75) is 27.2 Å². The average molecular weight is 390 g/mol. The molecule has 1 aromatic heterocycles. The maximum atomic E-state index is 13.5. The smallest absolute Gasteiger partial charge is 0.339 e. The largest absolute Gasteiger partial charge is 0.497 e. The first-order valence-electron chi connectivity index (χ1n) is 9.65. The van der Waals surface area contributed by atoms with Crippen molar-refractivity contribution in [3.05, 3.63) is 70.8 Å². The van der Waals surface area contributed by atoms with Crippen molar-refractivity contribution in [2.75, 3.05) is 7.11 Å². The molecule has 0 amide bonds. The number of ether oxygens (including phenoxy) is 1. The van der Waals surface area contributed by atoms with Gasteiger partial charge in [0.15, 0.2) is 5.82 Å². The minimum Gasteiger partial charge on any atom is -0.497 e. The van der Waals surface area contributed by atoms with E-state index in [0.717, 1.165) is 6.42 Å². The van der Waals surface area contributed by atoms with Gasteiger partial charge in [-0.2, -0.15) is 0 Å². The van der Waals surface area contributed by atoms with Crippen LogP contribution in [0.3, 0.4) is 0 Å². The Morgan fingerprint density at radius 3 is 2.28 bits per heavy atom. The number of benzene rings is 2. The lowest BCUT2D eigenvalue weighted by atomic mass is 10.1. The Labute approximate surface area is 170 Å². The Balaban J connectivity index is 2.33. The number of hydrogen-bond donors (Lipinski definition) is 1. The highest BCUT2D eigenvalue weighted by Crippen LogP contribution is 2.26. The summed E-state index contributed by atoms with van der Waals surface area (Å²) in [7, 11) is 1.60. The number of aromatic nitrogens is 2. The molecule has 6 nitrogen and oxygen atoms in total. The summed E-state index contributed by atoms with van der Waals surface area (Å²) in [5.74, 6) is 1.43. The zero-order valence-corrected chi connectivity index (χ0v) is 17.2. The van der Waals surface area contributed by atoms with Gasteiger partial charge in [-0.15, -0.1) is 0 Å². The minimum absolute atomic E-state index is 0.262. The number of nitrogens with one attached hydrogen (secondary N) is 1. The molecule has 1 heterocycles. The molecule has 0 aliphatic heterocycles. The lowest BCUT2D eigenvalue weighted by Crippen LogP contribution is -2.23. The number of imidazole rings is 1. The van der Waals surface area contributed by atoms with E-state index < -0.39 is 0 Å². The summed E-state index contributed by atoms with van der Waals surface area (Å²) < 4.78 is 8.34. The Kier molecular flexibility index (Phi) is 6.12. The quantitative estimate of drug-likeness (QED) is 0.590. The monoisotopic (exact) mass is 390 g/mol. The van der Waals surface area contributed by atoms with Gasteiger partial charge in [0.1, 0.15) is 11.4 Å². The first kappa shape index (κ1) is 20.3. The molecule has 1 atom stereocenters. The SMILES string of the molecule is CCC(C)C=Nc1c(C(C)=N)n(-c2ccc(OC)cc2)c(=O)n1-c1ccccc1. The molecule has 1 N–H and O–H groups in total. The molecule has 0 aliphatic carbocycles. The van der Waals surface area contributed by atoms with Crippen molar-refractivity contribution >= 4 is 17.7 Å². The van der Waals surface area contributed by atoms with E-state index in [4.69, 9.17) is 10.1 Å². The summed E-state index contributed by atoms with van der Waals surface area (Å²) in [6.07, 6.45) is 2.79. The van der Waals surface area contributed by atoms with Crippen molar-refractivity contribution in [3.63, 3.8) is 0 Å². The van der Waals surface area contributed by atoms with Gasteiger partial charge in [0.2, 0.25) is 0 Å². The number of nitrogens with zero attached hydrogens (tertiary/aromatic N) is 3. The normalized spacial score (nSPS) is 12.3. The summed E-state index contributed by atoms with van der Waals surface area (Å²) in [6.45, 7) is 5.84. The Morgan fingerprint density at radius 2 is 1.72 bits per heavy atom. The molecule has 1 unspecified atom stereocenters. The zero-order valence-electron chi connectivity index (χ0n) is 17.2. The number of rotatable bonds is 7. The van der Waals surface area contributed by atoms with Crippen molar-refractivity contribution in [1.29, 1.82) is 5.41 Å². The molecule has 6 heteroatoms. The van der Waals surface area contributed by atoms with Crippen LogP contribution in [0.4, 0.5) is 5.82 Å². The van der Waals surface area contributed by atoms with E-state index in [1.54, 1.807) is 30.7 Å². The van der Waals surface area contributed by atoms with E-state index in [-0.39, 0.29) is 17.3 Å². The van der Waals surface area contributed by atoms with E-state index >= 15 is 0 Å². The summed E-state index contributed by atoms with van der Waals surface area (Å²) in [5.41, 5.74) is 1.85. The Hall–Kier alpha value is -3.41. The van der Waals surface area contributed by atoms with Crippen molar-refractivity contribution in [3.8, 4) is 17.1 Å². The first-order chi connectivity index (χ1) is 14.0. The van der Waals surface area contributed by atoms with Crippen LogP contribution in [0.5, 0.6) is 5.75 Å². The second-order valence-corrected chi connectivity index (χ2v) is 6.95. The molecule has 0 spiro atoms. The average Bonchev–Trinajstić information content (AvgIpc) is 3.04. The van der Waals surface area contributed by atoms with E-state index in [1.807, 2.05) is 48.7 Å². The minimum atomic E-state index is -0.265. The van der Waals surface area contributed by atoms with Crippen LogP contribution in [-0.4, -0.2) is 28.2 Å². The summed E-state index contributed by atoms with van der Waals surface area (Å²) >= 11 is 0. The third-order valence-corrected chi connectivity index (χ3v) is 4.83. The van der Waals surface area contributed by atoms with Crippen molar-refractivity contribution < 1.29 is 4.74 Å². The fraction of sp³-hybridized carbons (Fsp3) is 0.261. The predicted molar refractivity (Wildman–Crippen MR) is 118 cm³/mol. The van der Waals surface area contributed by atoms with Crippen LogP contribution in [0.1, 0.15) is 32.9 Å². The van der Waals surface area contributed by atoms with Crippen LogP contribution in [0, 0.1) is 11.3 Å². The molecule has 3 rings (SSSR count). The molecule has 0 fully saturated rings. The van der Waals surface area contributed by atoms with Crippen molar-refractivity contribution in [2.24, 2.45) is 10.9 Å². The van der Waals surface area contributed by atoms with Gasteiger partial charge in [-0.3, -0.25) is 4.57 Å². The molecule has 150 valence electrons. The number of para-hydroxylation sites is 1. The highest BCUT2D eigenvalue weighted by atomic mass is 16.5. The topological polar surface area (TPSA) is 72.4 Å². The molecule has 0 bridgehead atoms. The Morgan fingerprint density at radius 1 is 1.10 bits per heavy atom. The van der Waals surface area contributed by atoms with Gasteiger partial charge in [0, 0.05) is 6.21 Å². The van der Waals surface area contributed by atoms with Gasteiger partial charge < -0.3 is 10.1 Å². The molecule has 3 aromatic rings. The predicted octanol–water partition coefficient (Wildman–Crippen LogP) is 4.77. The molecule has 0 radical (unpaired) electrons. The zero-order chi connectivity index (χ0) is 21.0. The van der Waals surface area contributed by atoms with Gasteiger partial charge >= 0.3 is 5.69 Å². The van der Waals surface area contributed by atoms with Crippen LogP contribution < -0.4 is 10.4 Å². The van der Waals surface area contributed by atoms with Gasteiger partial charge in [0.25, 0.3) is 0 Å². The van der Waals surface area contributed by atoms with Gasteiger partial charge in [0.05, 0.1) is 24.2 Å². The first-order valence-corrected chi connectivity index (χ1v) is 9.65. The van der Waals surface area contributed by atoms with Crippen LogP contribution in [0.25, 0.3) is 11.4 Å². The van der Waals surface area contributed by atoms with Crippen LogP contribution in [-0.2, 0) is 0 Å². The molecule has 0 aliphatic rings. The lowest BCUT2D eigenvalue weighted by molar-refractivity contribution is 0.414. The van der Waals surface area contributed by atoms with Gasteiger partial charge in [-0.05, 0) is 55.7 Å². The van der Waals surface area contributed by atoms with Gasteiger partial charge in [-0.25, -0.2) is 14.4 Å². The van der Waals surface area contributed by atoms with E-state index in [2.05, 4.69) is 18.8 Å². The molecule has 29 heavy (non-hydrogen) atoms. The van der Waals surface area contributed by atoms with Gasteiger partial charge in [-0.1, -0.05) is 32.0 Å². The molecular formula is C23H26N4O2. The highest BCUT2D eigenvalue weighted by molar-refractivity contribution is 6.00. The lowest BCUT2D eigenvalue weighted by Gasteiger charge is -2.08. The fourth-order valence-corrected chi connectivity index (χ4v) is 3.03. The number of hydrogen-bond acceptors (Lipinski definition) is 4. The summed E-state index contributed by atoms with van der Waals surface area (Å²) in [5, 5.41) is 8.38. The Bertz CT molecular complexity index is 1080. The highest BCUT2D eigenvalue weighted by Gasteiger charge is 2.23. The summed E-state index contributed by atoms with van der Waals surface area (Å²) in [6, 6.07) is 16.6.